The van der Waals surface area contributed by atoms with Crippen molar-refractivity contribution in [3.05, 3.63) is 32.2 Å². The number of aromatic amines is 1. The predicted octanol–water partition coefficient (Wildman–Crippen LogP) is 2.45. The standard InChI is InChI=1S/C7H3BrClF2NO2/c8-2-1-12-4(7(10)11)3(5(2)13)6(9)14/h1,7H,(H,12,13). The van der Waals surface area contributed by atoms with E-state index in [1.165, 1.54) is 0 Å². The summed E-state index contributed by atoms with van der Waals surface area (Å²) in [5.41, 5.74) is -2.34. The number of pyridine rings is 1. The Kier molecular flexibility index (Phi) is 3.38. The molecule has 1 rings (SSSR count). The molecule has 0 amide bonds. The van der Waals surface area contributed by atoms with Gasteiger partial charge in [0, 0.05) is 6.20 Å². The second-order valence-corrected chi connectivity index (χ2v) is 3.53. The third-order valence-corrected chi connectivity index (χ3v) is 2.26. The smallest absolute Gasteiger partial charge is 0.279 e. The van der Waals surface area contributed by atoms with Gasteiger partial charge in [-0.1, -0.05) is 0 Å². The molecule has 3 nitrogen and oxygen atoms in total. The normalized spacial score (nSPS) is 10.6. The van der Waals surface area contributed by atoms with Crippen LogP contribution in [0.3, 0.4) is 0 Å². The molecule has 76 valence electrons. The summed E-state index contributed by atoms with van der Waals surface area (Å²) in [5.74, 6) is 0. The van der Waals surface area contributed by atoms with Crippen molar-refractivity contribution in [1.29, 1.82) is 0 Å². The minimum Gasteiger partial charge on any atom is -0.358 e. The molecule has 0 radical (unpaired) electrons. The fraction of sp³-hybridized carbons (Fsp3) is 0.143. The molecule has 0 aliphatic carbocycles. The number of rotatable bonds is 2. The van der Waals surface area contributed by atoms with Gasteiger partial charge in [0.25, 0.3) is 11.7 Å². The summed E-state index contributed by atoms with van der Waals surface area (Å²) in [6, 6.07) is 0. The predicted molar refractivity (Wildman–Crippen MR) is 49.9 cm³/mol. The summed E-state index contributed by atoms with van der Waals surface area (Å²) in [6.07, 6.45) is -1.92. The van der Waals surface area contributed by atoms with E-state index in [0.717, 1.165) is 6.20 Å². The highest BCUT2D eigenvalue weighted by Gasteiger charge is 2.22. The van der Waals surface area contributed by atoms with Gasteiger partial charge in [0.15, 0.2) is 0 Å². The quantitative estimate of drug-likeness (QED) is 0.849. The van der Waals surface area contributed by atoms with E-state index in [9.17, 15) is 18.4 Å². The average Bonchev–Trinajstić information content (AvgIpc) is 2.08. The van der Waals surface area contributed by atoms with Crippen LogP contribution in [0.1, 0.15) is 22.5 Å². The third kappa shape index (κ3) is 2.01. The lowest BCUT2D eigenvalue weighted by Gasteiger charge is -2.04. The van der Waals surface area contributed by atoms with Crippen LogP contribution in [0.25, 0.3) is 0 Å². The molecule has 1 aromatic rings. The number of alkyl halides is 2. The number of nitrogens with one attached hydrogen (secondary N) is 1. The van der Waals surface area contributed by atoms with Crippen molar-refractivity contribution < 1.29 is 13.6 Å². The van der Waals surface area contributed by atoms with Gasteiger partial charge in [0.2, 0.25) is 5.43 Å². The summed E-state index contributed by atoms with van der Waals surface area (Å²) in [6.45, 7) is 0. The average molecular weight is 286 g/mol. The number of carbonyl (C=O) groups is 1. The van der Waals surface area contributed by atoms with Crippen molar-refractivity contribution in [2.45, 2.75) is 6.43 Å². The fourth-order valence-corrected chi connectivity index (χ4v) is 1.39. The van der Waals surface area contributed by atoms with Crippen molar-refractivity contribution in [2.24, 2.45) is 0 Å². The summed E-state index contributed by atoms with van der Waals surface area (Å²) in [7, 11) is 0. The number of hydrogen-bond donors (Lipinski definition) is 1. The van der Waals surface area contributed by atoms with Gasteiger partial charge in [0.1, 0.15) is 5.56 Å². The first-order chi connectivity index (χ1) is 6.45. The van der Waals surface area contributed by atoms with Crippen molar-refractivity contribution in [1.82, 2.24) is 4.98 Å². The highest BCUT2D eigenvalue weighted by molar-refractivity contribution is 9.10. The van der Waals surface area contributed by atoms with E-state index in [1.807, 2.05) is 0 Å². The first kappa shape index (κ1) is 11.3. The Balaban J connectivity index is 3.54. The van der Waals surface area contributed by atoms with Gasteiger partial charge in [-0.15, -0.1) is 0 Å². The highest BCUT2D eigenvalue weighted by atomic mass is 79.9. The summed E-state index contributed by atoms with van der Waals surface area (Å²) in [5, 5.41) is -1.21. The van der Waals surface area contributed by atoms with Gasteiger partial charge in [-0.3, -0.25) is 9.59 Å². The maximum absolute atomic E-state index is 12.3. The molecule has 0 fully saturated rings. The molecule has 0 aliphatic heterocycles. The van der Waals surface area contributed by atoms with Crippen LogP contribution in [0.15, 0.2) is 15.5 Å². The number of aromatic nitrogens is 1. The molecule has 0 atom stereocenters. The molecular weight excluding hydrogens is 283 g/mol. The summed E-state index contributed by atoms with van der Waals surface area (Å²) in [4.78, 5) is 24.1. The highest BCUT2D eigenvalue weighted by Crippen LogP contribution is 2.20. The first-order valence-electron chi connectivity index (χ1n) is 3.34. The second-order valence-electron chi connectivity index (χ2n) is 2.33. The van der Waals surface area contributed by atoms with Crippen molar-refractivity contribution in [3.63, 3.8) is 0 Å². The zero-order valence-electron chi connectivity index (χ0n) is 6.48. The number of halogens is 4. The van der Waals surface area contributed by atoms with Crippen LogP contribution in [0.4, 0.5) is 8.78 Å². The SMILES string of the molecule is O=C(Cl)c1c(C(F)F)[nH]cc(Br)c1=O. The minimum atomic E-state index is -2.95. The molecule has 0 unspecified atom stereocenters. The molecule has 1 N–H and O–H groups in total. The number of hydrogen-bond acceptors (Lipinski definition) is 2. The Morgan fingerprint density at radius 2 is 2.14 bits per heavy atom. The number of H-pyrrole nitrogens is 1. The molecule has 0 spiro atoms. The maximum Gasteiger partial charge on any atom is 0.279 e. The molecule has 0 saturated carbocycles. The van der Waals surface area contributed by atoms with E-state index in [1.54, 1.807) is 0 Å². The Hall–Kier alpha value is -0.750. The van der Waals surface area contributed by atoms with Crippen LogP contribution in [0.5, 0.6) is 0 Å². The third-order valence-electron chi connectivity index (χ3n) is 1.48. The van der Waals surface area contributed by atoms with E-state index in [0.29, 0.717) is 0 Å². The van der Waals surface area contributed by atoms with Gasteiger partial charge in [-0.2, -0.15) is 0 Å². The lowest BCUT2D eigenvalue weighted by molar-refractivity contribution is 0.106. The van der Waals surface area contributed by atoms with Crippen molar-refractivity contribution >= 4 is 32.8 Å². The number of carbonyl (C=O) groups excluding carboxylic acids is 1. The van der Waals surface area contributed by atoms with Crippen molar-refractivity contribution in [3.8, 4) is 0 Å². The monoisotopic (exact) mass is 285 g/mol. The largest absolute Gasteiger partial charge is 0.358 e. The van der Waals surface area contributed by atoms with Gasteiger partial charge < -0.3 is 4.98 Å². The van der Waals surface area contributed by atoms with Crippen molar-refractivity contribution in [2.75, 3.05) is 0 Å². The summed E-state index contributed by atoms with van der Waals surface area (Å²) >= 11 is 7.81. The molecule has 0 saturated heterocycles. The molecule has 1 aromatic heterocycles. The zero-order chi connectivity index (χ0) is 10.9. The van der Waals surface area contributed by atoms with Gasteiger partial charge >= 0.3 is 0 Å². The van der Waals surface area contributed by atoms with Gasteiger partial charge in [-0.05, 0) is 27.5 Å². The molecule has 0 aliphatic rings. The Morgan fingerprint density at radius 1 is 1.57 bits per heavy atom. The lowest BCUT2D eigenvalue weighted by atomic mass is 10.2. The Bertz CT molecular complexity index is 432. The molecule has 14 heavy (non-hydrogen) atoms. The van der Waals surface area contributed by atoms with Crippen LogP contribution in [-0.4, -0.2) is 10.2 Å². The zero-order valence-corrected chi connectivity index (χ0v) is 8.82. The Morgan fingerprint density at radius 3 is 2.57 bits per heavy atom. The van der Waals surface area contributed by atoms with Crippen LogP contribution >= 0.6 is 27.5 Å². The van der Waals surface area contributed by atoms with E-state index in [4.69, 9.17) is 11.6 Å². The van der Waals surface area contributed by atoms with Crippen LogP contribution in [-0.2, 0) is 0 Å². The molecule has 0 aromatic carbocycles. The second kappa shape index (κ2) is 4.18. The maximum atomic E-state index is 12.3. The molecule has 1 heterocycles. The van der Waals surface area contributed by atoms with Gasteiger partial charge in [0.05, 0.1) is 10.2 Å². The van der Waals surface area contributed by atoms with Gasteiger partial charge in [-0.25, -0.2) is 8.78 Å². The van der Waals surface area contributed by atoms with Crippen LogP contribution in [0.2, 0.25) is 0 Å². The van der Waals surface area contributed by atoms with E-state index < -0.39 is 28.4 Å². The van der Waals surface area contributed by atoms with Crippen LogP contribution in [0, 0.1) is 0 Å². The molecule has 7 heteroatoms. The topological polar surface area (TPSA) is 49.9 Å². The summed E-state index contributed by atoms with van der Waals surface area (Å²) < 4.78 is 24.6. The lowest BCUT2D eigenvalue weighted by Crippen LogP contribution is -2.17. The van der Waals surface area contributed by atoms with E-state index >= 15 is 0 Å². The molecular formula is C7H3BrClF2NO2. The Labute approximate surface area is 90.2 Å². The molecule has 0 bridgehead atoms. The van der Waals surface area contributed by atoms with E-state index in [-0.39, 0.29) is 4.47 Å². The fourth-order valence-electron chi connectivity index (χ4n) is 0.888. The first-order valence-corrected chi connectivity index (χ1v) is 4.51. The minimum absolute atomic E-state index is 0.0223. The van der Waals surface area contributed by atoms with E-state index in [2.05, 4.69) is 20.9 Å². The van der Waals surface area contributed by atoms with Crippen LogP contribution < -0.4 is 5.43 Å².